The summed E-state index contributed by atoms with van der Waals surface area (Å²) in [6.07, 6.45) is 1.28. The Morgan fingerprint density at radius 1 is 1.35 bits per heavy atom. The fourth-order valence-corrected chi connectivity index (χ4v) is 2.15. The van der Waals surface area contributed by atoms with Crippen LogP contribution in [0, 0.1) is 0 Å². The molecule has 0 saturated heterocycles. The van der Waals surface area contributed by atoms with Gasteiger partial charge in [-0.1, -0.05) is 34.1 Å². The van der Waals surface area contributed by atoms with Gasteiger partial charge in [0.2, 0.25) is 8.32 Å². The monoisotopic (exact) mass is 305 g/mol. The second kappa shape index (κ2) is 8.00. The number of rotatable bonds is 7. The minimum absolute atomic E-state index is 0.0237. The molecule has 0 aliphatic rings. The number of hydroxylamine groups is 2. The lowest BCUT2D eigenvalue weighted by Gasteiger charge is -2.40. The summed E-state index contributed by atoms with van der Waals surface area (Å²) in [6, 6.07) is -0.418. The average molecular weight is 305 g/mol. The van der Waals surface area contributed by atoms with E-state index >= 15 is 0 Å². The highest BCUT2D eigenvalue weighted by atomic mass is 28.4. The first-order valence-electron chi connectivity index (χ1n) is 7.32. The van der Waals surface area contributed by atoms with Gasteiger partial charge in [-0.05, 0) is 31.5 Å². The third-order valence-electron chi connectivity index (χ3n) is 3.70. The van der Waals surface area contributed by atoms with Crippen LogP contribution in [0.25, 0.3) is 0 Å². The molecule has 0 bridgehead atoms. The van der Waals surface area contributed by atoms with Crippen molar-refractivity contribution < 1.29 is 19.2 Å². The van der Waals surface area contributed by atoms with Crippen LogP contribution in [0.1, 0.15) is 47.5 Å². The minimum Gasteiger partial charge on any atom is -0.448 e. The molecule has 0 heterocycles. The van der Waals surface area contributed by atoms with Crippen LogP contribution in [0.2, 0.25) is 18.1 Å². The Labute approximate surface area is 124 Å². The third-order valence-corrected chi connectivity index (χ3v) is 7.97. The maximum atomic E-state index is 12.1. The first kappa shape index (κ1) is 19.4. The molecule has 0 aliphatic heterocycles. The molecule has 0 radical (unpaired) electrons. The molecule has 1 amide bonds. The molecule has 120 valence electrons. The number of hydrogen-bond donors (Lipinski definition) is 1. The van der Waals surface area contributed by atoms with E-state index < -0.39 is 20.5 Å². The summed E-state index contributed by atoms with van der Waals surface area (Å²) in [6.45, 7) is 14.4. The Hall–Kier alpha value is -0.593. The predicted octanol–water partition coefficient (Wildman–Crippen LogP) is 3.54. The molecule has 0 aliphatic carbocycles. The van der Waals surface area contributed by atoms with Crippen molar-refractivity contribution in [1.29, 1.82) is 0 Å². The lowest BCUT2D eigenvalue weighted by atomic mass is 10.2. The van der Waals surface area contributed by atoms with Crippen LogP contribution in [-0.4, -0.2) is 43.8 Å². The molecule has 0 rings (SSSR count). The highest BCUT2D eigenvalue weighted by molar-refractivity contribution is 6.74. The van der Waals surface area contributed by atoms with Crippen molar-refractivity contribution in [2.24, 2.45) is 0 Å². The molecule has 1 N–H and O–H groups in total. The summed E-state index contributed by atoms with van der Waals surface area (Å²) in [4.78, 5) is 12.1. The highest BCUT2D eigenvalue weighted by Gasteiger charge is 2.42. The van der Waals surface area contributed by atoms with E-state index in [1.807, 2.05) is 6.92 Å². The normalized spacial score (nSPS) is 14.0. The number of nitrogens with zero attached hydrogens (tertiary/aromatic N) is 1. The van der Waals surface area contributed by atoms with Gasteiger partial charge in [0.1, 0.15) is 0 Å². The molecular formula is C14H31NO4Si. The zero-order valence-corrected chi connectivity index (χ0v) is 15.0. The largest absolute Gasteiger partial charge is 0.448 e. The SMILES string of the molecule is CCCCOC(=O)N(O[Si](C)(C)C(C)(C)C)C(C)CO. The van der Waals surface area contributed by atoms with Crippen LogP contribution in [0.15, 0.2) is 0 Å². The first-order valence-corrected chi connectivity index (χ1v) is 10.2. The van der Waals surface area contributed by atoms with Gasteiger partial charge in [0.25, 0.3) is 0 Å². The van der Waals surface area contributed by atoms with E-state index in [0.29, 0.717) is 6.61 Å². The second-order valence-electron chi connectivity index (χ2n) is 6.68. The van der Waals surface area contributed by atoms with Gasteiger partial charge in [-0.15, -0.1) is 0 Å². The molecule has 5 nitrogen and oxygen atoms in total. The smallest absolute Gasteiger partial charge is 0.433 e. The lowest BCUT2D eigenvalue weighted by Crippen LogP contribution is -2.52. The Balaban J connectivity index is 4.86. The minimum atomic E-state index is -2.14. The number of aliphatic hydroxyl groups is 1. The van der Waals surface area contributed by atoms with Crippen molar-refractivity contribution in [2.75, 3.05) is 13.2 Å². The topological polar surface area (TPSA) is 59.0 Å². The molecule has 0 aromatic carbocycles. The zero-order chi connectivity index (χ0) is 16.0. The molecule has 20 heavy (non-hydrogen) atoms. The number of ether oxygens (including phenoxy) is 1. The van der Waals surface area contributed by atoms with E-state index in [1.54, 1.807) is 6.92 Å². The zero-order valence-electron chi connectivity index (χ0n) is 14.0. The summed E-state index contributed by atoms with van der Waals surface area (Å²) in [7, 11) is -2.14. The van der Waals surface area contributed by atoms with Gasteiger partial charge >= 0.3 is 6.09 Å². The van der Waals surface area contributed by atoms with Crippen molar-refractivity contribution in [2.45, 2.75) is 71.6 Å². The maximum absolute atomic E-state index is 12.1. The molecule has 0 aromatic heterocycles. The number of carbonyl (C=O) groups is 1. The summed E-state index contributed by atoms with van der Waals surface area (Å²) >= 11 is 0. The van der Waals surface area contributed by atoms with E-state index in [0.717, 1.165) is 12.8 Å². The predicted molar refractivity (Wildman–Crippen MR) is 82.9 cm³/mol. The Kier molecular flexibility index (Phi) is 7.76. The number of amides is 1. The van der Waals surface area contributed by atoms with Gasteiger partial charge < -0.3 is 14.4 Å². The van der Waals surface area contributed by atoms with E-state index in [2.05, 4.69) is 33.9 Å². The van der Waals surface area contributed by atoms with Gasteiger partial charge in [0.05, 0.1) is 19.3 Å². The summed E-state index contributed by atoms with van der Waals surface area (Å²) in [5.41, 5.74) is 0. The lowest BCUT2D eigenvalue weighted by molar-refractivity contribution is -0.0960. The van der Waals surface area contributed by atoms with Crippen LogP contribution in [0.4, 0.5) is 4.79 Å². The molecule has 0 saturated carbocycles. The standard InChI is InChI=1S/C14H31NO4Si/c1-8-9-10-18-13(17)15(12(2)11-16)19-20(6,7)14(3,4)5/h12,16H,8-11H2,1-7H3. The summed E-state index contributed by atoms with van der Waals surface area (Å²) < 4.78 is 11.2. The van der Waals surface area contributed by atoms with Crippen LogP contribution >= 0.6 is 0 Å². The first-order chi connectivity index (χ1) is 9.06. The van der Waals surface area contributed by atoms with Gasteiger partial charge in [0, 0.05) is 0 Å². The van der Waals surface area contributed by atoms with E-state index in [-0.39, 0.29) is 11.6 Å². The number of aliphatic hydroxyl groups excluding tert-OH is 1. The molecule has 0 spiro atoms. The molecule has 1 atom stereocenters. The average Bonchev–Trinajstić information content (AvgIpc) is 2.33. The van der Waals surface area contributed by atoms with Crippen LogP contribution < -0.4 is 0 Å². The fourth-order valence-electron chi connectivity index (χ4n) is 1.13. The summed E-state index contributed by atoms with van der Waals surface area (Å²) in [5, 5.41) is 10.5. The van der Waals surface area contributed by atoms with Crippen molar-refractivity contribution in [3.05, 3.63) is 0 Å². The van der Waals surface area contributed by atoms with E-state index in [4.69, 9.17) is 9.26 Å². The number of hydrogen-bond acceptors (Lipinski definition) is 4. The van der Waals surface area contributed by atoms with Gasteiger partial charge in [-0.2, -0.15) is 5.06 Å². The molecule has 1 unspecified atom stereocenters. The Bertz CT molecular complexity index is 302. The van der Waals surface area contributed by atoms with Crippen LogP contribution in [0.5, 0.6) is 0 Å². The Morgan fingerprint density at radius 3 is 2.30 bits per heavy atom. The fraction of sp³-hybridized carbons (Fsp3) is 0.929. The maximum Gasteiger partial charge on any atom is 0.433 e. The van der Waals surface area contributed by atoms with Crippen molar-refractivity contribution in [1.82, 2.24) is 5.06 Å². The summed E-state index contributed by atoms with van der Waals surface area (Å²) in [5.74, 6) is 0. The van der Waals surface area contributed by atoms with E-state index in [9.17, 15) is 9.90 Å². The van der Waals surface area contributed by atoms with Crippen molar-refractivity contribution in [3.63, 3.8) is 0 Å². The number of unbranched alkanes of at least 4 members (excludes halogenated alkanes) is 1. The van der Waals surface area contributed by atoms with Gasteiger partial charge in [0.15, 0.2) is 0 Å². The molecule has 0 fully saturated rings. The third kappa shape index (κ3) is 5.81. The van der Waals surface area contributed by atoms with Gasteiger partial charge in [-0.3, -0.25) is 0 Å². The van der Waals surface area contributed by atoms with Crippen molar-refractivity contribution in [3.8, 4) is 0 Å². The molecule has 0 aromatic rings. The molecular weight excluding hydrogens is 274 g/mol. The molecule has 6 heteroatoms. The highest BCUT2D eigenvalue weighted by Crippen LogP contribution is 2.37. The second-order valence-corrected chi connectivity index (χ2v) is 11.4. The quantitative estimate of drug-likeness (QED) is 0.444. The van der Waals surface area contributed by atoms with Crippen molar-refractivity contribution >= 4 is 14.4 Å². The van der Waals surface area contributed by atoms with Gasteiger partial charge in [-0.25, -0.2) is 4.79 Å². The van der Waals surface area contributed by atoms with E-state index in [1.165, 1.54) is 5.06 Å². The van der Waals surface area contributed by atoms with Crippen LogP contribution in [-0.2, 0) is 9.26 Å². The Morgan fingerprint density at radius 2 is 1.90 bits per heavy atom. The van der Waals surface area contributed by atoms with Crippen LogP contribution in [0.3, 0.4) is 0 Å². The number of carbonyl (C=O) groups excluding carboxylic acids is 1.